The molecule has 0 bridgehead atoms. The Bertz CT molecular complexity index is 838. The van der Waals surface area contributed by atoms with Crippen molar-refractivity contribution in [3.63, 3.8) is 0 Å². The molecule has 0 aliphatic heterocycles. The molecule has 0 unspecified atom stereocenters. The normalized spacial score (nSPS) is 11.6. The molecule has 2 amide bonds. The number of benzene rings is 2. The zero-order chi connectivity index (χ0) is 20.7. The van der Waals surface area contributed by atoms with Crippen LogP contribution >= 0.6 is 11.6 Å². The van der Waals surface area contributed by atoms with E-state index < -0.39 is 6.04 Å². The minimum atomic E-state index is -0.630. The molecule has 0 aliphatic rings. The number of nitrogens with zero attached hydrogens (tertiary/aromatic N) is 1. The number of carbonyl (C=O) groups excluding carboxylic acids is 2. The first kappa shape index (κ1) is 21.8. The van der Waals surface area contributed by atoms with Crippen molar-refractivity contribution in [1.82, 2.24) is 10.2 Å². The molecule has 28 heavy (non-hydrogen) atoms. The van der Waals surface area contributed by atoms with Crippen molar-refractivity contribution in [2.24, 2.45) is 0 Å². The minimum Gasteiger partial charge on any atom is -0.483 e. The molecule has 0 saturated heterocycles. The average Bonchev–Trinajstić information content (AvgIpc) is 2.65. The zero-order valence-corrected chi connectivity index (χ0v) is 17.5. The SMILES string of the molecule is CCNC(=O)[C@H](C)N(Cc1cccc(Cl)c1)C(=O)COc1ccc(C)cc1C. The van der Waals surface area contributed by atoms with Crippen molar-refractivity contribution < 1.29 is 14.3 Å². The lowest BCUT2D eigenvalue weighted by molar-refractivity contribution is -0.142. The molecule has 2 aromatic carbocycles. The highest BCUT2D eigenvalue weighted by Crippen LogP contribution is 2.19. The summed E-state index contributed by atoms with van der Waals surface area (Å²) in [5.74, 6) is 0.190. The Kier molecular flexibility index (Phi) is 7.88. The standard InChI is InChI=1S/C22H27ClN2O3/c1-5-24-22(27)17(4)25(13-18-7-6-8-19(23)12-18)21(26)14-28-20-10-9-15(2)11-16(20)3/h6-12,17H,5,13-14H2,1-4H3,(H,24,27)/t17-/m0/s1. The highest BCUT2D eigenvalue weighted by Gasteiger charge is 2.26. The third-order valence-electron chi connectivity index (χ3n) is 4.44. The summed E-state index contributed by atoms with van der Waals surface area (Å²) in [5, 5.41) is 3.35. The van der Waals surface area contributed by atoms with E-state index in [1.807, 2.05) is 51.1 Å². The molecule has 0 heterocycles. The molecule has 0 aromatic heterocycles. The first-order chi connectivity index (χ1) is 13.3. The van der Waals surface area contributed by atoms with Crippen LogP contribution in [0.15, 0.2) is 42.5 Å². The van der Waals surface area contributed by atoms with E-state index in [2.05, 4.69) is 5.32 Å². The molecular weight excluding hydrogens is 376 g/mol. The largest absolute Gasteiger partial charge is 0.483 e. The number of hydrogen-bond acceptors (Lipinski definition) is 3. The van der Waals surface area contributed by atoms with E-state index >= 15 is 0 Å². The van der Waals surface area contributed by atoms with Gasteiger partial charge in [-0.25, -0.2) is 0 Å². The Balaban J connectivity index is 2.16. The van der Waals surface area contributed by atoms with Gasteiger partial charge < -0.3 is 15.0 Å². The second-order valence-electron chi connectivity index (χ2n) is 6.78. The molecule has 0 saturated carbocycles. The number of rotatable bonds is 8. The number of hydrogen-bond donors (Lipinski definition) is 1. The van der Waals surface area contributed by atoms with Crippen molar-refractivity contribution in [1.29, 1.82) is 0 Å². The van der Waals surface area contributed by atoms with Gasteiger partial charge in [0.05, 0.1) is 0 Å². The zero-order valence-electron chi connectivity index (χ0n) is 16.8. The van der Waals surface area contributed by atoms with E-state index in [4.69, 9.17) is 16.3 Å². The minimum absolute atomic E-state index is 0.145. The molecular formula is C22H27ClN2O3. The van der Waals surface area contributed by atoms with Crippen molar-refractivity contribution in [2.45, 2.75) is 40.3 Å². The second kappa shape index (κ2) is 10.1. The smallest absolute Gasteiger partial charge is 0.261 e. The summed E-state index contributed by atoms with van der Waals surface area (Å²) in [6.07, 6.45) is 0. The molecule has 0 radical (unpaired) electrons. The molecule has 0 aliphatic carbocycles. The van der Waals surface area contributed by atoms with Crippen molar-refractivity contribution in [3.8, 4) is 5.75 Å². The van der Waals surface area contributed by atoms with Crippen LogP contribution in [0.25, 0.3) is 0 Å². The molecule has 5 nitrogen and oxygen atoms in total. The average molecular weight is 403 g/mol. The van der Waals surface area contributed by atoms with Gasteiger partial charge in [-0.2, -0.15) is 0 Å². The summed E-state index contributed by atoms with van der Waals surface area (Å²) in [5.41, 5.74) is 2.94. The summed E-state index contributed by atoms with van der Waals surface area (Å²) in [7, 11) is 0. The van der Waals surface area contributed by atoms with E-state index in [1.165, 1.54) is 4.90 Å². The monoisotopic (exact) mass is 402 g/mol. The number of halogens is 1. The Morgan fingerprint density at radius 1 is 1.18 bits per heavy atom. The van der Waals surface area contributed by atoms with Gasteiger partial charge in [0.15, 0.2) is 6.61 Å². The third kappa shape index (κ3) is 5.99. The van der Waals surface area contributed by atoms with E-state index in [9.17, 15) is 9.59 Å². The number of carbonyl (C=O) groups is 2. The molecule has 2 aromatic rings. The van der Waals surface area contributed by atoms with Crippen LogP contribution in [0.2, 0.25) is 5.02 Å². The number of likely N-dealkylation sites (N-methyl/N-ethyl adjacent to an activating group) is 1. The van der Waals surface area contributed by atoms with Gasteiger partial charge in [-0.1, -0.05) is 41.4 Å². The third-order valence-corrected chi connectivity index (χ3v) is 4.68. The molecule has 6 heteroatoms. The van der Waals surface area contributed by atoms with Crippen LogP contribution in [0.3, 0.4) is 0 Å². The molecule has 1 atom stereocenters. The van der Waals surface area contributed by atoms with Gasteiger partial charge in [-0.15, -0.1) is 0 Å². The van der Waals surface area contributed by atoms with E-state index in [0.717, 1.165) is 16.7 Å². The highest BCUT2D eigenvalue weighted by atomic mass is 35.5. The van der Waals surface area contributed by atoms with Gasteiger partial charge in [0.1, 0.15) is 11.8 Å². The Labute approximate surface area is 171 Å². The van der Waals surface area contributed by atoms with Gasteiger partial charge >= 0.3 is 0 Å². The van der Waals surface area contributed by atoms with Crippen LogP contribution in [0.5, 0.6) is 5.75 Å². The van der Waals surface area contributed by atoms with E-state index in [0.29, 0.717) is 17.3 Å². The topological polar surface area (TPSA) is 58.6 Å². The first-order valence-corrected chi connectivity index (χ1v) is 9.71. The predicted molar refractivity (Wildman–Crippen MR) is 112 cm³/mol. The Morgan fingerprint density at radius 3 is 2.57 bits per heavy atom. The van der Waals surface area contributed by atoms with Crippen LogP contribution in [0.4, 0.5) is 0 Å². The van der Waals surface area contributed by atoms with Crippen LogP contribution in [0.1, 0.15) is 30.5 Å². The van der Waals surface area contributed by atoms with Gasteiger partial charge in [0, 0.05) is 18.1 Å². The van der Waals surface area contributed by atoms with Gasteiger partial charge in [0.25, 0.3) is 5.91 Å². The van der Waals surface area contributed by atoms with Gasteiger partial charge in [0.2, 0.25) is 5.91 Å². The van der Waals surface area contributed by atoms with Crippen molar-refractivity contribution in [3.05, 3.63) is 64.2 Å². The van der Waals surface area contributed by atoms with Crippen molar-refractivity contribution in [2.75, 3.05) is 13.2 Å². The Morgan fingerprint density at radius 2 is 1.93 bits per heavy atom. The lowest BCUT2D eigenvalue weighted by Crippen LogP contribution is -2.49. The van der Waals surface area contributed by atoms with Crippen LogP contribution in [0, 0.1) is 13.8 Å². The lowest BCUT2D eigenvalue weighted by atomic mass is 10.1. The summed E-state index contributed by atoms with van der Waals surface area (Å²) < 4.78 is 5.74. The first-order valence-electron chi connectivity index (χ1n) is 9.33. The van der Waals surface area contributed by atoms with Crippen molar-refractivity contribution >= 4 is 23.4 Å². The van der Waals surface area contributed by atoms with E-state index in [-0.39, 0.29) is 25.0 Å². The lowest BCUT2D eigenvalue weighted by Gasteiger charge is -2.28. The fourth-order valence-electron chi connectivity index (χ4n) is 2.92. The maximum absolute atomic E-state index is 12.9. The maximum atomic E-state index is 12.9. The second-order valence-corrected chi connectivity index (χ2v) is 7.22. The Hall–Kier alpha value is -2.53. The van der Waals surface area contributed by atoms with Crippen LogP contribution in [-0.2, 0) is 16.1 Å². The number of ether oxygens (including phenoxy) is 1. The molecule has 0 fully saturated rings. The van der Waals surface area contributed by atoms with E-state index in [1.54, 1.807) is 19.1 Å². The summed E-state index contributed by atoms with van der Waals surface area (Å²) in [6, 6.07) is 12.4. The highest BCUT2D eigenvalue weighted by molar-refractivity contribution is 6.30. The predicted octanol–water partition coefficient (Wildman–Crippen LogP) is 3.89. The fraction of sp³-hybridized carbons (Fsp3) is 0.364. The maximum Gasteiger partial charge on any atom is 0.261 e. The van der Waals surface area contributed by atoms with Crippen LogP contribution < -0.4 is 10.1 Å². The fourth-order valence-corrected chi connectivity index (χ4v) is 3.13. The molecule has 1 N–H and O–H groups in total. The molecule has 2 rings (SSSR count). The quantitative estimate of drug-likeness (QED) is 0.728. The summed E-state index contributed by atoms with van der Waals surface area (Å²) in [4.78, 5) is 26.8. The molecule has 150 valence electrons. The van der Waals surface area contributed by atoms with Gasteiger partial charge in [-0.3, -0.25) is 9.59 Å². The number of nitrogens with one attached hydrogen (secondary N) is 1. The van der Waals surface area contributed by atoms with Gasteiger partial charge in [-0.05, 0) is 57.0 Å². The molecule has 0 spiro atoms. The summed E-state index contributed by atoms with van der Waals surface area (Å²) >= 11 is 6.06. The number of aryl methyl sites for hydroxylation is 2. The van der Waals surface area contributed by atoms with Crippen LogP contribution in [-0.4, -0.2) is 35.9 Å². The summed E-state index contributed by atoms with van der Waals surface area (Å²) in [6.45, 7) is 8.13. The number of amides is 2.